The zero-order valence-electron chi connectivity index (χ0n) is 19.6. The standard InChI is InChI=1S/C26H30N2O6/c1-32-13-6-12-28-25(30)21-11-10-18(15-22(21)26(28)31)24(29)27(17-20-8-5-14-34-20)16-19-7-3-4-9-23(19)33-2/h3-4,7,9-11,15,20H,5-6,8,12-14,16-17H2,1-2H3. The van der Waals surface area contributed by atoms with Gasteiger partial charge in [0.25, 0.3) is 17.7 Å². The maximum Gasteiger partial charge on any atom is 0.261 e. The summed E-state index contributed by atoms with van der Waals surface area (Å²) in [5, 5.41) is 0. The van der Waals surface area contributed by atoms with E-state index in [0.717, 1.165) is 18.4 Å². The normalized spacial score (nSPS) is 17.2. The summed E-state index contributed by atoms with van der Waals surface area (Å²) >= 11 is 0. The van der Waals surface area contributed by atoms with Crippen LogP contribution in [0.15, 0.2) is 42.5 Å². The van der Waals surface area contributed by atoms with Gasteiger partial charge in [0.1, 0.15) is 5.75 Å². The molecule has 8 nitrogen and oxygen atoms in total. The number of methoxy groups -OCH3 is 2. The SMILES string of the molecule is COCCCN1C(=O)c2ccc(C(=O)N(Cc3ccccc3OC)CC3CCCO3)cc2C1=O. The Bertz CT molecular complexity index is 1060. The monoisotopic (exact) mass is 466 g/mol. The molecule has 2 aliphatic heterocycles. The van der Waals surface area contributed by atoms with Crippen LogP contribution < -0.4 is 4.74 Å². The molecular weight excluding hydrogens is 436 g/mol. The summed E-state index contributed by atoms with van der Waals surface area (Å²) in [5.41, 5.74) is 1.84. The molecule has 0 saturated carbocycles. The van der Waals surface area contributed by atoms with E-state index in [2.05, 4.69) is 0 Å². The van der Waals surface area contributed by atoms with Crippen LogP contribution in [0.5, 0.6) is 5.75 Å². The number of nitrogens with zero attached hydrogens (tertiary/aromatic N) is 2. The van der Waals surface area contributed by atoms with Gasteiger partial charge in [0.2, 0.25) is 0 Å². The smallest absolute Gasteiger partial charge is 0.261 e. The van der Waals surface area contributed by atoms with Crippen LogP contribution in [0.1, 0.15) is 55.9 Å². The fourth-order valence-corrected chi connectivity index (χ4v) is 4.47. The fourth-order valence-electron chi connectivity index (χ4n) is 4.47. The van der Waals surface area contributed by atoms with Crippen LogP contribution in [0.4, 0.5) is 0 Å². The number of ether oxygens (including phenoxy) is 3. The third-order valence-electron chi connectivity index (χ3n) is 6.24. The van der Waals surface area contributed by atoms with Crippen LogP contribution in [-0.2, 0) is 16.0 Å². The topological polar surface area (TPSA) is 85.4 Å². The zero-order valence-corrected chi connectivity index (χ0v) is 19.6. The largest absolute Gasteiger partial charge is 0.496 e. The van der Waals surface area contributed by atoms with E-state index in [9.17, 15) is 14.4 Å². The lowest BCUT2D eigenvalue weighted by molar-refractivity contribution is 0.0505. The van der Waals surface area contributed by atoms with Gasteiger partial charge in [-0.15, -0.1) is 0 Å². The van der Waals surface area contributed by atoms with E-state index in [4.69, 9.17) is 14.2 Å². The lowest BCUT2D eigenvalue weighted by Gasteiger charge is -2.26. The molecule has 34 heavy (non-hydrogen) atoms. The average Bonchev–Trinajstić information content (AvgIpc) is 3.45. The number of benzene rings is 2. The Kier molecular flexibility index (Phi) is 7.59. The number of fused-ring (bicyclic) bond motifs is 1. The van der Waals surface area contributed by atoms with Gasteiger partial charge in [0.15, 0.2) is 0 Å². The number of hydrogen-bond donors (Lipinski definition) is 0. The second kappa shape index (κ2) is 10.8. The molecule has 1 fully saturated rings. The van der Waals surface area contributed by atoms with Crippen molar-refractivity contribution in [1.29, 1.82) is 0 Å². The zero-order chi connectivity index (χ0) is 24.1. The van der Waals surface area contributed by atoms with E-state index in [1.165, 1.54) is 4.90 Å². The minimum absolute atomic E-state index is 0.0347. The lowest BCUT2D eigenvalue weighted by Crippen LogP contribution is -2.37. The Morgan fingerprint density at radius 1 is 1.12 bits per heavy atom. The summed E-state index contributed by atoms with van der Waals surface area (Å²) in [6, 6.07) is 12.3. The summed E-state index contributed by atoms with van der Waals surface area (Å²) in [6.07, 6.45) is 2.38. The summed E-state index contributed by atoms with van der Waals surface area (Å²) in [4.78, 5) is 42.2. The number of amides is 3. The Labute approximate surface area is 199 Å². The van der Waals surface area contributed by atoms with Crippen LogP contribution in [0.25, 0.3) is 0 Å². The molecule has 1 unspecified atom stereocenters. The van der Waals surface area contributed by atoms with Gasteiger partial charge in [-0.05, 0) is 43.5 Å². The maximum absolute atomic E-state index is 13.6. The van der Waals surface area contributed by atoms with Crippen molar-refractivity contribution in [2.24, 2.45) is 0 Å². The molecule has 2 aliphatic rings. The molecule has 0 N–H and O–H groups in total. The number of carbonyl (C=O) groups excluding carboxylic acids is 3. The van der Waals surface area contributed by atoms with Crippen molar-refractivity contribution >= 4 is 17.7 Å². The van der Waals surface area contributed by atoms with Gasteiger partial charge in [-0.25, -0.2) is 0 Å². The highest BCUT2D eigenvalue weighted by atomic mass is 16.5. The maximum atomic E-state index is 13.6. The van der Waals surface area contributed by atoms with Crippen LogP contribution in [-0.4, -0.2) is 74.1 Å². The second-order valence-electron chi connectivity index (χ2n) is 8.50. The molecule has 1 atom stereocenters. The molecule has 8 heteroatoms. The van der Waals surface area contributed by atoms with E-state index in [1.54, 1.807) is 37.3 Å². The fraction of sp³-hybridized carbons (Fsp3) is 0.423. The Balaban J connectivity index is 1.58. The van der Waals surface area contributed by atoms with Gasteiger partial charge in [0, 0.05) is 51.1 Å². The van der Waals surface area contributed by atoms with Crippen molar-refractivity contribution in [3.05, 3.63) is 64.7 Å². The van der Waals surface area contributed by atoms with Gasteiger partial charge < -0.3 is 19.1 Å². The number of hydrogen-bond acceptors (Lipinski definition) is 6. The highest BCUT2D eigenvalue weighted by molar-refractivity contribution is 6.22. The first kappa shape index (κ1) is 23.9. The first-order valence-corrected chi connectivity index (χ1v) is 11.6. The van der Waals surface area contributed by atoms with Gasteiger partial charge in [-0.2, -0.15) is 0 Å². The summed E-state index contributed by atoms with van der Waals surface area (Å²) in [6.45, 7) is 2.20. The molecule has 3 amide bonds. The van der Waals surface area contributed by atoms with E-state index < -0.39 is 0 Å². The minimum Gasteiger partial charge on any atom is -0.496 e. The van der Waals surface area contributed by atoms with Crippen molar-refractivity contribution in [3.8, 4) is 5.75 Å². The molecule has 0 aliphatic carbocycles. The number of rotatable bonds is 10. The van der Waals surface area contributed by atoms with Crippen molar-refractivity contribution in [2.75, 3.05) is 40.5 Å². The molecular formula is C26H30N2O6. The predicted octanol–water partition coefficient (Wildman–Crippen LogP) is 3.15. The third kappa shape index (κ3) is 4.98. The van der Waals surface area contributed by atoms with Gasteiger partial charge >= 0.3 is 0 Å². The minimum atomic E-state index is -0.374. The molecule has 2 heterocycles. The first-order chi connectivity index (χ1) is 16.5. The van der Waals surface area contributed by atoms with Gasteiger partial charge in [-0.1, -0.05) is 18.2 Å². The van der Waals surface area contributed by atoms with Crippen LogP contribution >= 0.6 is 0 Å². The highest BCUT2D eigenvalue weighted by Gasteiger charge is 2.36. The molecule has 2 aromatic carbocycles. The second-order valence-corrected chi connectivity index (χ2v) is 8.50. The Morgan fingerprint density at radius 3 is 2.65 bits per heavy atom. The molecule has 2 aromatic rings. The predicted molar refractivity (Wildman–Crippen MR) is 125 cm³/mol. The van der Waals surface area contributed by atoms with Crippen molar-refractivity contribution in [3.63, 3.8) is 0 Å². The lowest BCUT2D eigenvalue weighted by atomic mass is 10.0. The van der Waals surface area contributed by atoms with E-state index in [1.807, 2.05) is 24.3 Å². The van der Waals surface area contributed by atoms with Crippen molar-refractivity contribution in [2.45, 2.75) is 31.9 Å². The Hall–Kier alpha value is -3.23. The molecule has 1 saturated heterocycles. The van der Waals surface area contributed by atoms with E-state index >= 15 is 0 Å². The molecule has 0 bridgehead atoms. The van der Waals surface area contributed by atoms with E-state index in [0.29, 0.717) is 49.6 Å². The summed E-state index contributed by atoms with van der Waals surface area (Å²) in [7, 11) is 3.18. The molecule has 4 rings (SSSR count). The van der Waals surface area contributed by atoms with Crippen LogP contribution in [0, 0.1) is 0 Å². The molecule has 0 radical (unpaired) electrons. The van der Waals surface area contributed by atoms with Crippen LogP contribution in [0.2, 0.25) is 0 Å². The molecule has 0 aromatic heterocycles. The highest BCUT2D eigenvalue weighted by Crippen LogP contribution is 2.27. The number of para-hydroxylation sites is 1. The number of carbonyl (C=O) groups is 3. The average molecular weight is 467 g/mol. The number of imide groups is 1. The molecule has 0 spiro atoms. The van der Waals surface area contributed by atoms with Gasteiger partial charge in [0.05, 0.1) is 24.3 Å². The van der Waals surface area contributed by atoms with Gasteiger partial charge in [-0.3, -0.25) is 19.3 Å². The third-order valence-corrected chi connectivity index (χ3v) is 6.24. The summed E-state index contributed by atoms with van der Waals surface area (Å²) in [5.74, 6) is -0.224. The Morgan fingerprint density at radius 2 is 1.91 bits per heavy atom. The van der Waals surface area contributed by atoms with Crippen LogP contribution in [0.3, 0.4) is 0 Å². The summed E-state index contributed by atoms with van der Waals surface area (Å²) < 4.78 is 16.3. The quantitative estimate of drug-likeness (QED) is 0.395. The van der Waals surface area contributed by atoms with Crippen molar-refractivity contribution in [1.82, 2.24) is 9.80 Å². The van der Waals surface area contributed by atoms with Crippen molar-refractivity contribution < 1.29 is 28.6 Å². The first-order valence-electron chi connectivity index (χ1n) is 11.6. The molecule has 180 valence electrons. The van der Waals surface area contributed by atoms with E-state index in [-0.39, 0.29) is 35.9 Å².